The third-order valence-electron chi connectivity index (χ3n) is 2.42. The number of rotatable bonds is 5. The average Bonchev–Trinajstić information content (AvgIpc) is 2.82. The van der Waals surface area contributed by atoms with E-state index in [1.165, 1.54) is 18.3 Å². The maximum absolute atomic E-state index is 12.0. The summed E-state index contributed by atoms with van der Waals surface area (Å²) in [7, 11) is -3.67. The number of sulfonamides is 1. The molecule has 2 heterocycles. The molecule has 0 fully saturated rings. The van der Waals surface area contributed by atoms with Crippen molar-refractivity contribution < 1.29 is 12.9 Å². The molecular weight excluding hydrogens is 300 g/mol. The molecule has 0 atom stereocenters. The summed E-state index contributed by atoms with van der Waals surface area (Å²) >= 11 is 4.75. The Kier molecular flexibility index (Phi) is 4.12. The molecule has 0 aliphatic rings. The lowest BCUT2D eigenvalue weighted by Crippen LogP contribution is -2.24. The second-order valence-electron chi connectivity index (χ2n) is 4.00. The summed E-state index contributed by atoms with van der Waals surface area (Å²) in [5, 5.41) is 3.70. The SMILES string of the molecule is Cc1cc(CNS(=O)(=O)c2ccc(C(N)=S)nc2)no1. The van der Waals surface area contributed by atoms with Gasteiger partial charge in [0.25, 0.3) is 0 Å². The lowest BCUT2D eigenvalue weighted by atomic mass is 10.3. The van der Waals surface area contributed by atoms with Crippen LogP contribution in [0.5, 0.6) is 0 Å². The molecule has 0 amide bonds. The summed E-state index contributed by atoms with van der Waals surface area (Å²) in [5.74, 6) is 0.613. The van der Waals surface area contributed by atoms with Crippen LogP contribution in [0.15, 0.2) is 33.8 Å². The number of nitrogens with zero attached hydrogens (tertiary/aromatic N) is 2. The summed E-state index contributed by atoms with van der Waals surface area (Å²) < 4.78 is 31.3. The van der Waals surface area contributed by atoms with Crippen molar-refractivity contribution in [3.8, 4) is 0 Å². The van der Waals surface area contributed by atoms with Gasteiger partial charge in [-0.3, -0.25) is 4.98 Å². The van der Waals surface area contributed by atoms with Crippen LogP contribution < -0.4 is 10.5 Å². The largest absolute Gasteiger partial charge is 0.388 e. The van der Waals surface area contributed by atoms with Gasteiger partial charge >= 0.3 is 0 Å². The molecule has 2 rings (SSSR count). The van der Waals surface area contributed by atoms with Crippen LogP contribution in [0.25, 0.3) is 0 Å². The van der Waals surface area contributed by atoms with Crippen LogP contribution >= 0.6 is 12.2 Å². The van der Waals surface area contributed by atoms with Crippen molar-refractivity contribution in [1.82, 2.24) is 14.9 Å². The number of aryl methyl sites for hydroxylation is 1. The molecule has 9 heteroatoms. The van der Waals surface area contributed by atoms with Crippen LogP contribution in [0.4, 0.5) is 0 Å². The molecule has 0 spiro atoms. The molecule has 0 unspecified atom stereocenters. The second kappa shape index (κ2) is 5.65. The summed E-state index contributed by atoms with van der Waals surface area (Å²) in [5.41, 5.74) is 6.26. The Labute approximate surface area is 121 Å². The van der Waals surface area contributed by atoms with Crippen molar-refractivity contribution in [2.75, 3.05) is 0 Å². The van der Waals surface area contributed by atoms with Gasteiger partial charge in [0, 0.05) is 12.3 Å². The maximum Gasteiger partial charge on any atom is 0.242 e. The number of aromatic nitrogens is 2. The van der Waals surface area contributed by atoms with Crippen LogP contribution in [-0.4, -0.2) is 23.5 Å². The first-order chi connectivity index (χ1) is 9.38. The van der Waals surface area contributed by atoms with Gasteiger partial charge < -0.3 is 10.3 Å². The fourth-order valence-electron chi connectivity index (χ4n) is 1.44. The first-order valence-electron chi connectivity index (χ1n) is 5.56. The lowest BCUT2D eigenvalue weighted by molar-refractivity contribution is 0.390. The molecular formula is C11H12N4O3S2. The van der Waals surface area contributed by atoms with Gasteiger partial charge in [0.1, 0.15) is 15.6 Å². The van der Waals surface area contributed by atoms with Crippen LogP contribution in [0.3, 0.4) is 0 Å². The Morgan fingerprint density at radius 3 is 2.75 bits per heavy atom. The quantitative estimate of drug-likeness (QED) is 0.773. The molecule has 7 nitrogen and oxygen atoms in total. The molecule has 0 saturated carbocycles. The Bertz CT molecular complexity index is 722. The highest BCUT2D eigenvalue weighted by atomic mass is 32.2. The molecule has 0 aliphatic carbocycles. The highest BCUT2D eigenvalue weighted by Gasteiger charge is 2.15. The van der Waals surface area contributed by atoms with Crippen molar-refractivity contribution in [3.05, 3.63) is 41.5 Å². The number of thiocarbonyl (C=S) groups is 1. The molecule has 0 bridgehead atoms. The highest BCUT2D eigenvalue weighted by molar-refractivity contribution is 7.89. The van der Waals surface area contributed by atoms with E-state index in [0.29, 0.717) is 17.1 Å². The highest BCUT2D eigenvalue weighted by Crippen LogP contribution is 2.09. The van der Waals surface area contributed by atoms with Crippen molar-refractivity contribution in [1.29, 1.82) is 0 Å². The van der Waals surface area contributed by atoms with E-state index in [-0.39, 0.29) is 16.4 Å². The van der Waals surface area contributed by atoms with E-state index in [0.717, 1.165) is 0 Å². The van der Waals surface area contributed by atoms with E-state index >= 15 is 0 Å². The minimum Gasteiger partial charge on any atom is -0.388 e. The fourth-order valence-corrected chi connectivity index (χ4v) is 2.50. The first kappa shape index (κ1) is 14.6. The van der Waals surface area contributed by atoms with E-state index in [4.69, 9.17) is 22.5 Å². The molecule has 20 heavy (non-hydrogen) atoms. The first-order valence-corrected chi connectivity index (χ1v) is 7.45. The number of pyridine rings is 1. The van der Waals surface area contributed by atoms with Crippen LogP contribution in [-0.2, 0) is 16.6 Å². The Morgan fingerprint density at radius 2 is 2.25 bits per heavy atom. The van der Waals surface area contributed by atoms with E-state index in [9.17, 15) is 8.42 Å². The van der Waals surface area contributed by atoms with E-state index in [1.807, 2.05) is 0 Å². The van der Waals surface area contributed by atoms with Crippen LogP contribution in [0.1, 0.15) is 17.1 Å². The van der Waals surface area contributed by atoms with Gasteiger partial charge in [0.2, 0.25) is 10.0 Å². The summed E-state index contributed by atoms with van der Waals surface area (Å²) in [6.45, 7) is 1.76. The van der Waals surface area contributed by atoms with Crippen molar-refractivity contribution >= 4 is 27.2 Å². The molecule has 0 aromatic carbocycles. The number of hydrogen-bond donors (Lipinski definition) is 2. The van der Waals surface area contributed by atoms with Gasteiger partial charge in [0.05, 0.1) is 17.9 Å². The van der Waals surface area contributed by atoms with Gasteiger partial charge in [-0.1, -0.05) is 17.4 Å². The van der Waals surface area contributed by atoms with E-state index in [1.54, 1.807) is 13.0 Å². The number of hydrogen-bond acceptors (Lipinski definition) is 6. The average molecular weight is 312 g/mol. The standard InChI is InChI=1S/C11H12N4O3S2/c1-7-4-8(15-18-7)5-14-20(16,17)9-2-3-10(11(12)19)13-6-9/h2-4,6,14H,5H2,1H3,(H2,12,19). The van der Waals surface area contributed by atoms with Gasteiger partial charge in [0.15, 0.2) is 0 Å². The Balaban J connectivity index is 2.11. The van der Waals surface area contributed by atoms with Gasteiger partial charge in [-0.15, -0.1) is 0 Å². The molecule has 0 aliphatic heterocycles. The molecule has 3 N–H and O–H groups in total. The van der Waals surface area contributed by atoms with E-state index < -0.39 is 10.0 Å². The normalized spacial score (nSPS) is 11.4. The van der Waals surface area contributed by atoms with Crippen LogP contribution in [0, 0.1) is 6.92 Å². The molecule has 2 aromatic heterocycles. The van der Waals surface area contributed by atoms with Crippen molar-refractivity contribution in [2.45, 2.75) is 18.4 Å². The van der Waals surface area contributed by atoms with E-state index in [2.05, 4.69) is 14.9 Å². The summed E-state index contributed by atoms with van der Waals surface area (Å²) in [6.07, 6.45) is 1.20. The maximum atomic E-state index is 12.0. The predicted octanol–water partition coefficient (Wildman–Crippen LogP) is 0.491. The van der Waals surface area contributed by atoms with Crippen LogP contribution in [0.2, 0.25) is 0 Å². The number of nitrogens with one attached hydrogen (secondary N) is 1. The van der Waals surface area contributed by atoms with Crippen molar-refractivity contribution in [2.24, 2.45) is 5.73 Å². The zero-order valence-corrected chi connectivity index (χ0v) is 12.2. The van der Waals surface area contributed by atoms with Gasteiger partial charge in [-0.2, -0.15) is 0 Å². The predicted molar refractivity (Wildman–Crippen MR) is 75.4 cm³/mol. The minimum atomic E-state index is -3.67. The van der Waals surface area contributed by atoms with Gasteiger partial charge in [-0.25, -0.2) is 13.1 Å². The zero-order chi connectivity index (χ0) is 14.8. The monoisotopic (exact) mass is 312 g/mol. The summed E-state index contributed by atoms with van der Waals surface area (Å²) in [6, 6.07) is 4.49. The zero-order valence-electron chi connectivity index (χ0n) is 10.5. The third kappa shape index (κ3) is 3.38. The Hall–Kier alpha value is -1.84. The Morgan fingerprint density at radius 1 is 1.50 bits per heavy atom. The van der Waals surface area contributed by atoms with Gasteiger partial charge in [-0.05, 0) is 19.1 Å². The molecule has 0 saturated heterocycles. The van der Waals surface area contributed by atoms with Crippen molar-refractivity contribution in [3.63, 3.8) is 0 Å². The third-order valence-corrected chi connectivity index (χ3v) is 4.01. The second-order valence-corrected chi connectivity index (χ2v) is 6.20. The number of nitrogens with two attached hydrogens (primary N) is 1. The smallest absolute Gasteiger partial charge is 0.242 e. The topological polar surface area (TPSA) is 111 Å². The molecule has 2 aromatic rings. The fraction of sp³-hybridized carbons (Fsp3) is 0.182. The summed E-state index contributed by atoms with van der Waals surface area (Å²) in [4.78, 5) is 4.02. The minimum absolute atomic E-state index is 0.0257. The molecule has 106 valence electrons. The lowest BCUT2D eigenvalue weighted by Gasteiger charge is -2.05. The molecule has 0 radical (unpaired) electrons.